The molecule has 2 aromatic heterocycles. The number of carbonyl (C=O) groups is 1. The number of hydrogen-bond donors (Lipinski definition) is 1. The van der Waals surface area contributed by atoms with Crippen molar-refractivity contribution in [1.29, 1.82) is 0 Å². The third-order valence-corrected chi connectivity index (χ3v) is 1.40. The van der Waals surface area contributed by atoms with Crippen LogP contribution in [0, 0.1) is 0 Å². The normalized spacial score (nSPS) is 10.3. The maximum atomic E-state index is 10.7. The molecule has 0 aliphatic rings. The number of primary amides is 1. The van der Waals surface area contributed by atoms with Crippen LogP contribution in [0.1, 0.15) is 10.6 Å². The Morgan fingerprint density at radius 3 is 3.08 bits per heavy atom. The lowest BCUT2D eigenvalue weighted by molar-refractivity contribution is 0.0988. The third kappa shape index (κ3) is 0.815. The van der Waals surface area contributed by atoms with Gasteiger partial charge in [0.1, 0.15) is 0 Å². The summed E-state index contributed by atoms with van der Waals surface area (Å²) in [5.74, 6) is -0.591. The first-order valence-electron chi connectivity index (χ1n) is 3.25. The standard InChI is InChI=1S/C6H5N5O/c7-5(12)6-10-9-4-2-1-3-8-11(4)6/h1-3H,(H2,7,12). The molecule has 0 spiro atoms. The molecule has 0 unspecified atom stereocenters. The molecule has 6 nitrogen and oxygen atoms in total. The molecule has 2 aromatic rings. The molecule has 0 radical (unpaired) electrons. The molecular weight excluding hydrogens is 158 g/mol. The van der Waals surface area contributed by atoms with Gasteiger partial charge in [0.05, 0.1) is 0 Å². The van der Waals surface area contributed by atoms with Crippen molar-refractivity contribution in [2.24, 2.45) is 5.73 Å². The van der Waals surface area contributed by atoms with Gasteiger partial charge in [-0.1, -0.05) is 0 Å². The second kappa shape index (κ2) is 2.26. The first-order valence-corrected chi connectivity index (χ1v) is 3.25. The Balaban J connectivity index is 2.79. The van der Waals surface area contributed by atoms with Crippen molar-refractivity contribution in [3.63, 3.8) is 0 Å². The molecule has 0 atom stereocenters. The van der Waals surface area contributed by atoms with E-state index in [0.717, 1.165) is 0 Å². The summed E-state index contributed by atoms with van der Waals surface area (Å²) < 4.78 is 1.29. The van der Waals surface area contributed by atoms with Gasteiger partial charge >= 0.3 is 0 Å². The van der Waals surface area contributed by atoms with Gasteiger partial charge in [0.15, 0.2) is 5.65 Å². The largest absolute Gasteiger partial charge is 0.363 e. The minimum atomic E-state index is -0.638. The highest BCUT2D eigenvalue weighted by Gasteiger charge is 2.09. The average Bonchev–Trinajstić information content (AvgIpc) is 2.47. The smallest absolute Gasteiger partial charge is 0.288 e. The summed E-state index contributed by atoms with van der Waals surface area (Å²) in [5.41, 5.74) is 5.53. The van der Waals surface area contributed by atoms with Crippen LogP contribution >= 0.6 is 0 Å². The first kappa shape index (κ1) is 6.71. The van der Waals surface area contributed by atoms with E-state index in [-0.39, 0.29) is 5.82 Å². The van der Waals surface area contributed by atoms with Crippen molar-refractivity contribution in [3.8, 4) is 0 Å². The lowest BCUT2D eigenvalue weighted by atomic mass is 10.5. The van der Waals surface area contributed by atoms with Crippen molar-refractivity contribution in [3.05, 3.63) is 24.2 Å². The lowest BCUT2D eigenvalue weighted by Crippen LogP contribution is -2.16. The molecule has 60 valence electrons. The third-order valence-electron chi connectivity index (χ3n) is 1.40. The van der Waals surface area contributed by atoms with E-state index in [0.29, 0.717) is 5.65 Å². The Morgan fingerprint density at radius 2 is 2.33 bits per heavy atom. The predicted octanol–water partition coefficient (Wildman–Crippen LogP) is -0.777. The van der Waals surface area contributed by atoms with E-state index >= 15 is 0 Å². The van der Waals surface area contributed by atoms with E-state index in [4.69, 9.17) is 5.73 Å². The SMILES string of the molecule is NC(=O)c1nnc2cccnn12. The summed E-state index contributed by atoms with van der Waals surface area (Å²) in [6.07, 6.45) is 1.53. The molecule has 0 saturated carbocycles. The first-order chi connectivity index (χ1) is 5.79. The van der Waals surface area contributed by atoms with Crippen LogP contribution in [0.4, 0.5) is 0 Å². The number of aromatic nitrogens is 4. The van der Waals surface area contributed by atoms with Gasteiger partial charge in [-0.3, -0.25) is 4.79 Å². The highest BCUT2D eigenvalue weighted by molar-refractivity contribution is 5.89. The minimum absolute atomic E-state index is 0.0469. The number of nitrogens with zero attached hydrogens (tertiary/aromatic N) is 4. The molecule has 0 aromatic carbocycles. The summed E-state index contributed by atoms with van der Waals surface area (Å²) >= 11 is 0. The van der Waals surface area contributed by atoms with Gasteiger partial charge in [0, 0.05) is 6.20 Å². The molecule has 0 saturated heterocycles. The van der Waals surface area contributed by atoms with Crippen molar-refractivity contribution in [1.82, 2.24) is 19.8 Å². The fourth-order valence-corrected chi connectivity index (χ4v) is 0.898. The molecule has 0 aliphatic heterocycles. The highest BCUT2D eigenvalue weighted by Crippen LogP contribution is 1.98. The highest BCUT2D eigenvalue weighted by atomic mass is 16.1. The van der Waals surface area contributed by atoms with E-state index in [1.807, 2.05) is 0 Å². The fraction of sp³-hybridized carbons (Fsp3) is 0. The quantitative estimate of drug-likeness (QED) is 0.597. The predicted molar refractivity (Wildman–Crippen MR) is 39.3 cm³/mol. The number of amides is 1. The molecule has 0 bridgehead atoms. The summed E-state index contributed by atoms with van der Waals surface area (Å²) in [6, 6.07) is 3.39. The molecule has 1 amide bonds. The van der Waals surface area contributed by atoms with Gasteiger partial charge in [-0.2, -0.15) is 9.61 Å². The van der Waals surface area contributed by atoms with Crippen molar-refractivity contribution >= 4 is 11.6 Å². The molecule has 2 heterocycles. The Labute approximate surface area is 67.0 Å². The van der Waals surface area contributed by atoms with Gasteiger partial charge in [-0.15, -0.1) is 10.2 Å². The van der Waals surface area contributed by atoms with E-state index in [1.165, 1.54) is 10.7 Å². The zero-order chi connectivity index (χ0) is 8.55. The molecule has 0 aliphatic carbocycles. The maximum absolute atomic E-state index is 10.7. The Kier molecular flexibility index (Phi) is 1.26. The number of hydrogen-bond acceptors (Lipinski definition) is 4. The van der Waals surface area contributed by atoms with Gasteiger partial charge in [0.2, 0.25) is 5.82 Å². The number of rotatable bonds is 1. The number of carbonyl (C=O) groups excluding carboxylic acids is 1. The van der Waals surface area contributed by atoms with Gasteiger partial charge in [0.25, 0.3) is 5.91 Å². The van der Waals surface area contributed by atoms with Crippen LogP contribution in [0.3, 0.4) is 0 Å². The molecule has 2 N–H and O–H groups in total. The van der Waals surface area contributed by atoms with Crippen molar-refractivity contribution in [2.75, 3.05) is 0 Å². The van der Waals surface area contributed by atoms with E-state index in [9.17, 15) is 4.79 Å². The van der Waals surface area contributed by atoms with Crippen LogP contribution in [0.2, 0.25) is 0 Å². The topological polar surface area (TPSA) is 86.2 Å². The summed E-state index contributed by atoms with van der Waals surface area (Å²) in [6.45, 7) is 0. The minimum Gasteiger partial charge on any atom is -0.363 e. The molecule has 12 heavy (non-hydrogen) atoms. The Bertz CT molecular complexity index is 434. The van der Waals surface area contributed by atoms with Crippen LogP contribution < -0.4 is 5.73 Å². The van der Waals surface area contributed by atoms with Crippen LogP contribution in [0.15, 0.2) is 18.3 Å². The zero-order valence-electron chi connectivity index (χ0n) is 6.01. The molecule has 2 rings (SSSR count). The number of nitrogens with two attached hydrogens (primary N) is 1. The van der Waals surface area contributed by atoms with Gasteiger partial charge in [-0.05, 0) is 12.1 Å². The monoisotopic (exact) mass is 163 g/mol. The number of fused-ring (bicyclic) bond motifs is 1. The summed E-state index contributed by atoms with van der Waals surface area (Å²) in [7, 11) is 0. The molecular formula is C6H5N5O. The lowest BCUT2D eigenvalue weighted by Gasteiger charge is -1.90. The van der Waals surface area contributed by atoms with E-state index in [1.54, 1.807) is 12.1 Å². The molecule has 6 heteroatoms. The van der Waals surface area contributed by atoms with Gasteiger partial charge < -0.3 is 5.73 Å². The van der Waals surface area contributed by atoms with Crippen LogP contribution in [-0.2, 0) is 0 Å². The van der Waals surface area contributed by atoms with Crippen LogP contribution in [0.5, 0.6) is 0 Å². The zero-order valence-corrected chi connectivity index (χ0v) is 6.01. The molecule has 0 fully saturated rings. The van der Waals surface area contributed by atoms with E-state index in [2.05, 4.69) is 15.3 Å². The summed E-state index contributed by atoms with van der Waals surface area (Å²) in [5, 5.41) is 11.1. The second-order valence-corrected chi connectivity index (χ2v) is 2.18. The van der Waals surface area contributed by atoms with Crippen LogP contribution in [-0.4, -0.2) is 25.7 Å². The van der Waals surface area contributed by atoms with E-state index < -0.39 is 5.91 Å². The Morgan fingerprint density at radius 1 is 1.50 bits per heavy atom. The van der Waals surface area contributed by atoms with Crippen molar-refractivity contribution < 1.29 is 4.79 Å². The summed E-state index contributed by atoms with van der Waals surface area (Å²) in [4.78, 5) is 10.7. The van der Waals surface area contributed by atoms with Crippen LogP contribution in [0.25, 0.3) is 5.65 Å². The fourth-order valence-electron chi connectivity index (χ4n) is 0.898. The van der Waals surface area contributed by atoms with Crippen molar-refractivity contribution in [2.45, 2.75) is 0 Å². The Hall–Kier alpha value is -1.98. The average molecular weight is 163 g/mol. The van der Waals surface area contributed by atoms with Gasteiger partial charge in [-0.25, -0.2) is 0 Å². The second-order valence-electron chi connectivity index (χ2n) is 2.18. The maximum Gasteiger partial charge on any atom is 0.288 e.